The molecule has 3 aliphatic rings. The van der Waals surface area contributed by atoms with Gasteiger partial charge in [-0.2, -0.15) is 0 Å². The summed E-state index contributed by atoms with van der Waals surface area (Å²) >= 11 is 0. The second kappa shape index (κ2) is 12.5. The lowest BCUT2D eigenvalue weighted by Crippen LogP contribution is -2.51. The first-order valence-corrected chi connectivity index (χ1v) is 25.2. The molecule has 11 heteroatoms. The second-order valence-corrected chi connectivity index (χ2v) is 27.7. The molecule has 3 fully saturated rings. The van der Waals surface area contributed by atoms with Crippen LogP contribution in [0.3, 0.4) is 0 Å². The zero-order valence-electron chi connectivity index (χ0n) is 24.3. The van der Waals surface area contributed by atoms with Gasteiger partial charge in [-0.25, -0.2) is 4.79 Å². The van der Waals surface area contributed by atoms with Crippen molar-refractivity contribution < 1.29 is 26.6 Å². The Morgan fingerprint density at radius 1 is 1.16 bits per heavy atom. The number of carbonyl (C=O) groups is 1. The van der Waals surface area contributed by atoms with E-state index < -0.39 is 40.4 Å². The lowest BCUT2D eigenvalue weighted by Gasteiger charge is -2.38. The Balaban J connectivity index is 1.36. The quantitative estimate of drug-likeness (QED) is 0.150. The Hall–Kier alpha value is -0.672. The van der Waals surface area contributed by atoms with Crippen LogP contribution in [-0.2, 0) is 17.4 Å². The van der Waals surface area contributed by atoms with Crippen molar-refractivity contribution in [1.82, 2.24) is 0 Å². The number of hydrogen-bond acceptors (Lipinski definition) is 5. The van der Waals surface area contributed by atoms with Gasteiger partial charge < -0.3 is 17.4 Å². The molecule has 0 bridgehead atoms. The van der Waals surface area contributed by atoms with Gasteiger partial charge in [-0.1, -0.05) is 42.9 Å². The molecule has 1 amide bonds. The van der Waals surface area contributed by atoms with Gasteiger partial charge in [0.15, 0.2) is 8.32 Å². The van der Waals surface area contributed by atoms with E-state index in [0.717, 1.165) is 54.4 Å². The van der Waals surface area contributed by atoms with E-state index in [1.165, 1.54) is 37.9 Å². The van der Waals surface area contributed by atoms with Crippen molar-refractivity contribution in [3.05, 3.63) is 24.3 Å². The van der Waals surface area contributed by atoms with Gasteiger partial charge in [-0.05, 0) is 87.9 Å². The molecule has 1 aliphatic carbocycles. The highest BCUT2D eigenvalue weighted by Gasteiger charge is 2.45. The van der Waals surface area contributed by atoms with Gasteiger partial charge >= 0.3 is 14.7 Å². The first kappa shape index (κ1) is 30.3. The molecule has 38 heavy (non-hydrogen) atoms. The molecule has 1 aromatic rings. The molecule has 0 radical (unpaired) electrons. The second-order valence-electron chi connectivity index (χ2n) is 12.9. The summed E-state index contributed by atoms with van der Waals surface area (Å²) in [5.74, 6) is 0.747. The fourth-order valence-corrected chi connectivity index (χ4v) is 23.5. The topological polar surface area (TPSA) is 60.5 Å². The first-order chi connectivity index (χ1) is 17.9. The average molecular weight is 598 g/mol. The maximum Gasteiger partial charge on any atom is 0.404 e. The number of ether oxygens (including phenoxy) is 1. The molecule has 6 nitrogen and oxygen atoms in total. The third-order valence-electron chi connectivity index (χ3n) is 9.05. The van der Waals surface area contributed by atoms with Crippen LogP contribution in [-0.4, -0.2) is 66.3 Å². The first-order valence-electron chi connectivity index (χ1n) is 14.6. The normalized spacial score (nSPS) is 34.3. The highest BCUT2D eigenvalue weighted by molar-refractivity contribution is 6.91. The molecule has 2 heterocycles. The highest BCUT2D eigenvalue weighted by Crippen LogP contribution is 2.42. The van der Waals surface area contributed by atoms with Crippen LogP contribution < -0.4 is 10.1 Å². The van der Waals surface area contributed by atoms with Crippen LogP contribution in [0.4, 0.5) is 14.9 Å². The van der Waals surface area contributed by atoms with Crippen LogP contribution in [0, 0.1) is 5.92 Å². The number of nitrogens with zero attached hydrogens (tertiary/aromatic N) is 1. The monoisotopic (exact) mass is 597 g/mol. The van der Waals surface area contributed by atoms with Crippen molar-refractivity contribution in [3.8, 4) is 0 Å². The number of hydrogen-bond donors (Lipinski definition) is 0. The number of benzene rings is 1. The number of halogens is 1. The van der Waals surface area contributed by atoms with Gasteiger partial charge in [-0.3, -0.25) is 4.90 Å². The molecule has 1 aromatic carbocycles. The third-order valence-corrected chi connectivity index (χ3v) is 24.6. The van der Waals surface area contributed by atoms with Gasteiger partial charge in [0.05, 0.1) is 20.3 Å². The standard InChI is InChI=1S/C27H48FNO5Si4/c1-29(27(28)30)23-10-9-11-24(21-23)36(3,4)18-19-37(5)16-8-7-15-31-38(6,34-35(2)33-37)17-14-22-12-13-25-26(20-22)32-25/h9-11,21-22,25-26,35H,7-8,12-20H2,1-6H3. The number of epoxide rings is 1. The van der Waals surface area contributed by atoms with E-state index in [1.54, 1.807) is 6.07 Å². The molecule has 0 spiro atoms. The van der Waals surface area contributed by atoms with Crippen LogP contribution in [0.1, 0.15) is 38.5 Å². The van der Waals surface area contributed by atoms with E-state index in [4.69, 9.17) is 17.4 Å². The molecule has 4 rings (SSSR count). The minimum atomic E-state index is -2.27. The molecule has 2 saturated heterocycles. The summed E-state index contributed by atoms with van der Waals surface area (Å²) in [6.45, 7) is 12.4. The van der Waals surface area contributed by atoms with E-state index in [1.807, 2.05) is 12.1 Å². The summed E-state index contributed by atoms with van der Waals surface area (Å²) in [4.78, 5) is 12.3. The predicted octanol–water partition coefficient (Wildman–Crippen LogP) is 6.43. The van der Waals surface area contributed by atoms with Crippen molar-refractivity contribution in [3.63, 3.8) is 0 Å². The molecule has 2 aliphatic heterocycles. The zero-order valence-corrected chi connectivity index (χ0v) is 28.4. The SMILES string of the molecule is CN(C(=O)F)c1cccc([Si](C)(C)CC[Si]2(C)CCCCO[Si](C)(CCC3CCC4OC4C3)O[SiH](C)O2)c1. The number of carbonyl (C=O) groups excluding carboxylic acids is 1. The van der Waals surface area contributed by atoms with Gasteiger partial charge in [0.25, 0.3) is 9.28 Å². The number of fused-ring (bicyclic) bond motifs is 1. The largest absolute Gasteiger partial charge is 0.438 e. The highest BCUT2D eigenvalue weighted by atomic mass is 28.5. The maximum atomic E-state index is 13.3. The maximum absolute atomic E-state index is 13.3. The zero-order chi connectivity index (χ0) is 27.6. The molecule has 0 aromatic heterocycles. The summed E-state index contributed by atoms with van der Waals surface area (Å²) in [5.41, 5.74) is 0.616. The van der Waals surface area contributed by atoms with Crippen molar-refractivity contribution in [2.24, 2.45) is 5.92 Å². The average Bonchev–Trinajstić information content (AvgIpc) is 3.64. The van der Waals surface area contributed by atoms with Crippen molar-refractivity contribution in [2.75, 3.05) is 18.6 Å². The van der Waals surface area contributed by atoms with Crippen LogP contribution in [0.15, 0.2) is 24.3 Å². The van der Waals surface area contributed by atoms with Crippen molar-refractivity contribution in [1.29, 1.82) is 0 Å². The molecule has 6 unspecified atom stereocenters. The fraction of sp³-hybridized carbons (Fsp3) is 0.741. The minimum absolute atomic E-state index is 0.528. The Morgan fingerprint density at radius 2 is 1.95 bits per heavy atom. The summed E-state index contributed by atoms with van der Waals surface area (Å²) in [5, 5.41) is 1.25. The van der Waals surface area contributed by atoms with Crippen molar-refractivity contribution >= 4 is 51.3 Å². The molecular weight excluding hydrogens is 550 g/mol. The van der Waals surface area contributed by atoms with E-state index in [9.17, 15) is 9.18 Å². The smallest absolute Gasteiger partial charge is 0.404 e. The van der Waals surface area contributed by atoms with Gasteiger partial charge in [-0.15, -0.1) is 4.39 Å². The number of rotatable bonds is 8. The molecule has 0 N–H and O–H groups in total. The van der Waals surface area contributed by atoms with Gasteiger partial charge in [0.2, 0.25) is 0 Å². The summed E-state index contributed by atoms with van der Waals surface area (Å²) in [7, 11) is -6.39. The molecule has 1 saturated carbocycles. The Labute approximate surface area is 233 Å². The Kier molecular flexibility index (Phi) is 9.93. The number of amides is 1. The summed E-state index contributed by atoms with van der Waals surface area (Å²) < 4.78 is 39.3. The van der Waals surface area contributed by atoms with Crippen molar-refractivity contribution in [2.45, 2.75) is 108 Å². The number of anilines is 1. The van der Waals surface area contributed by atoms with E-state index in [0.29, 0.717) is 17.9 Å². The summed E-state index contributed by atoms with van der Waals surface area (Å²) in [6.07, 6.45) is 6.78. The van der Waals surface area contributed by atoms with E-state index in [2.05, 4.69) is 38.8 Å². The Morgan fingerprint density at radius 3 is 2.68 bits per heavy atom. The fourth-order valence-electron chi connectivity index (χ4n) is 6.25. The predicted molar refractivity (Wildman–Crippen MR) is 162 cm³/mol. The minimum Gasteiger partial charge on any atom is -0.438 e. The van der Waals surface area contributed by atoms with Crippen LogP contribution in [0.25, 0.3) is 0 Å². The third kappa shape index (κ3) is 8.18. The molecule has 6 atom stereocenters. The van der Waals surface area contributed by atoms with Gasteiger partial charge in [0.1, 0.15) is 0 Å². The molecule has 214 valence electrons. The van der Waals surface area contributed by atoms with E-state index in [-0.39, 0.29) is 0 Å². The van der Waals surface area contributed by atoms with Crippen LogP contribution >= 0.6 is 0 Å². The molecular formula is C27H48FNO5Si4. The lowest BCUT2D eigenvalue weighted by atomic mass is 9.88. The van der Waals surface area contributed by atoms with Crippen LogP contribution in [0.5, 0.6) is 0 Å². The van der Waals surface area contributed by atoms with Crippen LogP contribution in [0.2, 0.25) is 56.9 Å². The summed E-state index contributed by atoms with van der Waals surface area (Å²) in [6, 6.07) is 12.3. The lowest BCUT2D eigenvalue weighted by molar-refractivity contribution is 0.217. The van der Waals surface area contributed by atoms with E-state index >= 15 is 0 Å². The Bertz CT molecular complexity index is 973. The van der Waals surface area contributed by atoms with Gasteiger partial charge in [0, 0.05) is 19.3 Å².